The average Bonchev–Trinajstić information content (AvgIpc) is 3.84. The van der Waals surface area contributed by atoms with Crippen LogP contribution in [0.2, 0.25) is 0 Å². The minimum absolute atomic E-state index is 0.288. The SMILES string of the molecule is C1=CC[C@@H](n2c3ccccc3c3ccc(-c4ccc5c6ccccc6n(-c6ccc(-c7cc8c9c(c%10ccccc%10c8c8ccccc78)C=CCC9)cc6)c5c4)cc32)C=C1. The van der Waals surface area contributed by atoms with Crippen molar-refractivity contribution in [1.82, 2.24) is 9.13 Å². The van der Waals surface area contributed by atoms with Gasteiger partial charge in [-0.2, -0.15) is 0 Å². The Labute approximate surface area is 348 Å². The summed E-state index contributed by atoms with van der Waals surface area (Å²) in [6.07, 6.45) is 16.8. The van der Waals surface area contributed by atoms with Gasteiger partial charge in [0.15, 0.2) is 0 Å². The lowest BCUT2D eigenvalue weighted by Gasteiger charge is -2.21. The Hall–Kier alpha value is -7.42. The second-order valence-corrected chi connectivity index (χ2v) is 16.6. The number of aromatic nitrogens is 2. The van der Waals surface area contributed by atoms with E-state index in [0.717, 1.165) is 24.9 Å². The predicted octanol–water partition coefficient (Wildman–Crippen LogP) is 15.7. The van der Waals surface area contributed by atoms with Crippen LogP contribution in [0.15, 0.2) is 194 Å². The van der Waals surface area contributed by atoms with E-state index in [2.05, 4.69) is 209 Å². The second-order valence-electron chi connectivity index (χ2n) is 16.6. The lowest BCUT2D eigenvalue weighted by atomic mass is 9.83. The van der Waals surface area contributed by atoms with Crippen LogP contribution in [0.4, 0.5) is 0 Å². The molecule has 2 aromatic heterocycles. The molecule has 0 N–H and O–H groups in total. The average molecular weight is 765 g/mol. The van der Waals surface area contributed by atoms with Crippen LogP contribution in [0, 0.1) is 0 Å². The fourth-order valence-corrected chi connectivity index (χ4v) is 10.8. The Balaban J connectivity index is 0.973. The third-order valence-corrected chi connectivity index (χ3v) is 13.5. The van der Waals surface area contributed by atoms with Gasteiger partial charge in [0.25, 0.3) is 0 Å². The maximum absolute atomic E-state index is 2.54. The van der Waals surface area contributed by atoms with E-state index >= 15 is 0 Å². The minimum atomic E-state index is 0.288. The van der Waals surface area contributed by atoms with Gasteiger partial charge in [0.1, 0.15) is 0 Å². The van der Waals surface area contributed by atoms with E-state index in [0.29, 0.717) is 0 Å². The van der Waals surface area contributed by atoms with Crippen molar-refractivity contribution >= 4 is 82.0 Å². The van der Waals surface area contributed by atoms with Gasteiger partial charge in [0.2, 0.25) is 0 Å². The van der Waals surface area contributed by atoms with Crippen molar-refractivity contribution < 1.29 is 0 Å². The summed E-state index contributed by atoms with van der Waals surface area (Å²) in [5.74, 6) is 0. The maximum Gasteiger partial charge on any atom is 0.0560 e. The van der Waals surface area contributed by atoms with Gasteiger partial charge in [-0.1, -0.05) is 158 Å². The number of fused-ring (bicyclic) bond motifs is 14. The van der Waals surface area contributed by atoms with Crippen LogP contribution < -0.4 is 0 Å². The molecule has 11 aromatic rings. The number of para-hydroxylation sites is 2. The summed E-state index contributed by atoms with van der Waals surface area (Å²) >= 11 is 0. The molecular formula is C58H40N2. The van der Waals surface area contributed by atoms with Crippen LogP contribution >= 0.6 is 0 Å². The molecule has 0 radical (unpaired) electrons. The van der Waals surface area contributed by atoms with Gasteiger partial charge >= 0.3 is 0 Å². The molecule has 0 amide bonds. The third-order valence-electron chi connectivity index (χ3n) is 13.5. The molecule has 0 bridgehead atoms. The van der Waals surface area contributed by atoms with E-state index in [1.165, 1.54) is 109 Å². The van der Waals surface area contributed by atoms with Gasteiger partial charge in [-0.3, -0.25) is 0 Å². The van der Waals surface area contributed by atoms with Crippen LogP contribution in [0.5, 0.6) is 0 Å². The zero-order valence-corrected chi connectivity index (χ0v) is 33.1. The highest BCUT2D eigenvalue weighted by molar-refractivity contribution is 6.26. The third kappa shape index (κ3) is 4.88. The molecule has 0 saturated carbocycles. The van der Waals surface area contributed by atoms with E-state index in [1.807, 2.05) is 0 Å². The van der Waals surface area contributed by atoms with Gasteiger partial charge in [0.05, 0.1) is 22.6 Å². The highest BCUT2D eigenvalue weighted by Crippen LogP contribution is 2.44. The highest BCUT2D eigenvalue weighted by atomic mass is 15.0. The summed E-state index contributed by atoms with van der Waals surface area (Å²) in [6, 6.07) is 61.9. The molecule has 2 heteroatoms. The lowest BCUT2D eigenvalue weighted by Crippen LogP contribution is -2.06. The molecule has 0 spiro atoms. The van der Waals surface area contributed by atoms with Crippen molar-refractivity contribution in [3.05, 3.63) is 205 Å². The molecule has 9 aromatic carbocycles. The summed E-state index contributed by atoms with van der Waals surface area (Å²) in [6.45, 7) is 0. The first kappa shape index (κ1) is 33.5. The number of hydrogen-bond donors (Lipinski definition) is 0. The van der Waals surface area contributed by atoms with Gasteiger partial charge < -0.3 is 9.13 Å². The second kappa shape index (κ2) is 13.0. The largest absolute Gasteiger partial charge is 0.333 e. The molecular weight excluding hydrogens is 725 g/mol. The molecule has 2 aliphatic rings. The number of aryl methyl sites for hydroxylation is 1. The number of rotatable bonds is 4. The molecule has 1 atom stereocenters. The molecule has 2 nitrogen and oxygen atoms in total. The number of nitrogens with zero attached hydrogens (tertiary/aromatic N) is 2. The smallest absolute Gasteiger partial charge is 0.0560 e. The summed E-state index contributed by atoms with van der Waals surface area (Å²) in [4.78, 5) is 0. The fraction of sp³-hybridized carbons (Fsp3) is 0.0690. The van der Waals surface area contributed by atoms with Crippen LogP contribution in [0.1, 0.15) is 30.0 Å². The van der Waals surface area contributed by atoms with Crippen molar-refractivity contribution in [2.24, 2.45) is 0 Å². The molecule has 0 saturated heterocycles. The number of benzene rings is 9. The van der Waals surface area contributed by atoms with Crippen molar-refractivity contribution in [2.75, 3.05) is 0 Å². The van der Waals surface area contributed by atoms with Crippen LogP contribution in [-0.2, 0) is 6.42 Å². The van der Waals surface area contributed by atoms with Crippen molar-refractivity contribution in [2.45, 2.75) is 25.3 Å². The maximum atomic E-state index is 2.54. The van der Waals surface area contributed by atoms with Crippen LogP contribution in [-0.4, -0.2) is 9.13 Å². The molecule has 60 heavy (non-hydrogen) atoms. The van der Waals surface area contributed by atoms with Gasteiger partial charge in [-0.15, -0.1) is 0 Å². The van der Waals surface area contributed by atoms with Crippen molar-refractivity contribution in [1.29, 1.82) is 0 Å². The first-order chi connectivity index (χ1) is 29.8. The first-order valence-electron chi connectivity index (χ1n) is 21.3. The molecule has 0 aliphatic heterocycles. The summed E-state index contributed by atoms with van der Waals surface area (Å²) in [7, 11) is 0. The van der Waals surface area contributed by atoms with Crippen LogP contribution in [0.25, 0.3) is 110 Å². The monoisotopic (exact) mass is 764 g/mol. The fourth-order valence-electron chi connectivity index (χ4n) is 10.8. The molecule has 2 aliphatic carbocycles. The quantitative estimate of drug-likeness (QED) is 0.158. The van der Waals surface area contributed by atoms with Gasteiger partial charge in [-0.25, -0.2) is 0 Å². The Morgan fingerprint density at radius 1 is 0.433 bits per heavy atom. The Kier molecular flexibility index (Phi) is 7.29. The Morgan fingerprint density at radius 2 is 1.03 bits per heavy atom. The predicted molar refractivity (Wildman–Crippen MR) is 256 cm³/mol. The standard InChI is InChI=1S/C58H40N2/c1-2-14-40(15-3-1)59-54-24-12-10-20-46(54)48-32-28-38(34-56(48)59)39-29-33-49-47-21-11-13-25-55(47)60(57(49)35-39)41-30-26-37(27-31-41)52-36-53-44-18-5-4-16-42(44)43-17-6-8-22-50(43)58(53)51-23-9-7-19-45(51)52/h1-4,6-14,16-17,19-36,40H,5,15,18H2/t40-/m0/s1. The molecule has 282 valence electrons. The molecule has 0 unspecified atom stereocenters. The minimum Gasteiger partial charge on any atom is -0.333 e. The molecule has 2 heterocycles. The van der Waals surface area contributed by atoms with Crippen molar-refractivity contribution in [3.8, 4) is 27.9 Å². The van der Waals surface area contributed by atoms with Gasteiger partial charge in [0, 0.05) is 32.7 Å². The molecule has 13 rings (SSSR count). The van der Waals surface area contributed by atoms with E-state index in [-0.39, 0.29) is 6.04 Å². The Bertz CT molecular complexity index is 3680. The summed E-state index contributed by atoms with van der Waals surface area (Å²) < 4.78 is 5.00. The summed E-state index contributed by atoms with van der Waals surface area (Å²) in [5.41, 5.74) is 14.0. The van der Waals surface area contributed by atoms with E-state index < -0.39 is 0 Å². The first-order valence-corrected chi connectivity index (χ1v) is 21.3. The van der Waals surface area contributed by atoms with E-state index in [4.69, 9.17) is 0 Å². The number of allylic oxidation sites excluding steroid dienone is 5. The zero-order valence-electron chi connectivity index (χ0n) is 33.1. The van der Waals surface area contributed by atoms with E-state index in [1.54, 1.807) is 0 Å². The topological polar surface area (TPSA) is 9.86 Å². The van der Waals surface area contributed by atoms with Crippen molar-refractivity contribution in [3.63, 3.8) is 0 Å². The summed E-state index contributed by atoms with van der Waals surface area (Å²) in [5, 5.41) is 13.2. The normalized spacial score (nSPS) is 15.1. The Morgan fingerprint density at radius 3 is 1.78 bits per heavy atom. The number of hydrogen-bond acceptors (Lipinski definition) is 0. The zero-order chi connectivity index (χ0) is 39.3. The molecule has 0 fully saturated rings. The van der Waals surface area contributed by atoms with Gasteiger partial charge in [-0.05, 0) is 127 Å². The lowest BCUT2D eigenvalue weighted by molar-refractivity contribution is 0.648. The van der Waals surface area contributed by atoms with E-state index in [9.17, 15) is 0 Å². The highest BCUT2D eigenvalue weighted by Gasteiger charge is 2.21. The van der Waals surface area contributed by atoms with Crippen LogP contribution in [0.3, 0.4) is 0 Å².